The number of rotatable bonds is 3. The summed E-state index contributed by atoms with van der Waals surface area (Å²) in [7, 11) is 0. The van der Waals surface area contributed by atoms with Crippen molar-refractivity contribution in [2.24, 2.45) is 5.92 Å². The Labute approximate surface area is 149 Å². The first kappa shape index (κ1) is 15.8. The Kier molecular flexibility index (Phi) is 4.23. The number of anilines is 2. The van der Waals surface area contributed by atoms with Gasteiger partial charge in [0.15, 0.2) is 11.5 Å². The second-order valence-electron chi connectivity index (χ2n) is 6.08. The highest BCUT2D eigenvalue weighted by Gasteiger charge is 2.28. The third-order valence-corrected chi connectivity index (χ3v) is 4.66. The molecule has 1 atom stereocenters. The zero-order valence-electron chi connectivity index (χ0n) is 13.4. The predicted octanol–water partition coefficient (Wildman–Crippen LogP) is 2.86. The Morgan fingerprint density at radius 3 is 2.92 bits per heavy atom. The Hall–Kier alpha value is -2.67. The Bertz CT molecular complexity index is 894. The fourth-order valence-corrected chi connectivity index (χ4v) is 3.28. The van der Waals surface area contributed by atoms with Crippen LogP contribution in [0.25, 0.3) is 11.2 Å². The summed E-state index contributed by atoms with van der Waals surface area (Å²) in [5.41, 5.74) is 2.20. The quantitative estimate of drug-likeness (QED) is 0.753. The van der Waals surface area contributed by atoms with E-state index < -0.39 is 0 Å². The SMILES string of the molecule is O=C(Nc1ccc(Cl)cc1)[C@@H]1CCCN(c2ncnc3nc[nH]c23)C1. The molecule has 0 unspecified atom stereocenters. The number of piperidine rings is 1. The summed E-state index contributed by atoms with van der Waals surface area (Å²) >= 11 is 5.88. The van der Waals surface area contributed by atoms with Crippen molar-refractivity contribution >= 4 is 40.2 Å². The van der Waals surface area contributed by atoms with Gasteiger partial charge in [0.1, 0.15) is 11.8 Å². The molecule has 0 radical (unpaired) electrons. The molecule has 3 aromatic rings. The minimum Gasteiger partial charge on any atom is -0.354 e. The number of nitrogens with one attached hydrogen (secondary N) is 2. The van der Waals surface area contributed by atoms with Crippen molar-refractivity contribution in [3.63, 3.8) is 0 Å². The molecule has 7 nitrogen and oxygen atoms in total. The standard InChI is InChI=1S/C17H17ClN6O/c18-12-3-5-13(6-4-12)23-17(25)11-2-1-7-24(8-11)16-14-15(20-9-19-14)21-10-22-16/h3-6,9-11H,1-2,7-8H2,(H,23,25)(H,19,20,21,22)/t11-/m1/s1. The van der Waals surface area contributed by atoms with Gasteiger partial charge in [-0.1, -0.05) is 11.6 Å². The molecule has 0 aliphatic carbocycles. The van der Waals surface area contributed by atoms with Crippen LogP contribution in [0, 0.1) is 5.92 Å². The van der Waals surface area contributed by atoms with Crippen molar-refractivity contribution in [2.75, 3.05) is 23.3 Å². The molecular weight excluding hydrogens is 340 g/mol. The summed E-state index contributed by atoms with van der Waals surface area (Å²) in [6.07, 6.45) is 4.90. The van der Waals surface area contributed by atoms with Crippen LogP contribution < -0.4 is 10.2 Å². The van der Waals surface area contributed by atoms with Crippen LogP contribution in [0.15, 0.2) is 36.9 Å². The number of imidazole rings is 1. The van der Waals surface area contributed by atoms with Crippen LogP contribution in [0.5, 0.6) is 0 Å². The number of carbonyl (C=O) groups excluding carboxylic acids is 1. The molecule has 1 fully saturated rings. The van der Waals surface area contributed by atoms with Gasteiger partial charge in [-0.2, -0.15) is 0 Å². The molecule has 1 saturated heterocycles. The van der Waals surface area contributed by atoms with Crippen LogP contribution in [0.4, 0.5) is 11.5 Å². The average molecular weight is 357 g/mol. The van der Waals surface area contributed by atoms with Crippen molar-refractivity contribution in [2.45, 2.75) is 12.8 Å². The first-order valence-corrected chi connectivity index (χ1v) is 8.54. The van der Waals surface area contributed by atoms with E-state index in [1.165, 1.54) is 6.33 Å². The molecule has 0 bridgehead atoms. The predicted molar refractivity (Wildman–Crippen MR) is 96.7 cm³/mol. The summed E-state index contributed by atoms with van der Waals surface area (Å²) in [4.78, 5) is 30.5. The van der Waals surface area contributed by atoms with Crippen LogP contribution in [-0.4, -0.2) is 38.9 Å². The van der Waals surface area contributed by atoms with Crippen LogP contribution in [-0.2, 0) is 4.79 Å². The first-order chi connectivity index (χ1) is 12.2. The molecule has 2 N–H and O–H groups in total. The molecular formula is C17H17ClN6O. The van der Waals surface area contributed by atoms with Gasteiger partial charge in [0.25, 0.3) is 0 Å². The summed E-state index contributed by atoms with van der Waals surface area (Å²) in [6.45, 7) is 1.47. The van der Waals surface area contributed by atoms with E-state index in [1.54, 1.807) is 30.6 Å². The van der Waals surface area contributed by atoms with Gasteiger partial charge >= 0.3 is 0 Å². The number of H-pyrrole nitrogens is 1. The lowest BCUT2D eigenvalue weighted by molar-refractivity contribution is -0.120. The summed E-state index contributed by atoms with van der Waals surface area (Å²) in [5.74, 6) is 0.714. The molecule has 1 aliphatic heterocycles. The molecule has 8 heteroatoms. The van der Waals surface area contributed by atoms with E-state index >= 15 is 0 Å². The van der Waals surface area contributed by atoms with Crippen LogP contribution in [0.3, 0.4) is 0 Å². The number of nitrogens with zero attached hydrogens (tertiary/aromatic N) is 4. The van der Waals surface area contributed by atoms with Gasteiger partial charge < -0.3 is 15.2 Å². The average Bonchev–Trinajstić information content (AvgIpc) is 3.12. The largest absolute Gasteiger partial charge is 0.354 e. The van der Waals surface area contributed by atoms with E-state index in [0.717, 1.165) is 36.4 Å². The van der Waals surface area contributed by atoms with Crippen molar-refractivity contribution in [1.82, 2.24) is 19.9 Å². The number of benzene rings is 1. The second-order valence-corrected chi connectivity index (χ2v) is 6.52. The maximum Gasteiger partial charge on any atom is 0.229 e. The minimum absolute atomic E-state index is 0.0157. The number of carbonyl (C=O) groups is 1. The third kappa shape index (κ3) is 3.28. The number of aromatic amines is 1. The van der Waals surface area contributed by atoms with E-state index in [1.807, 2.05) is 0 Å². The van der Waals surface area contributed by atoms with Crippen molar-refractivity contribution < 1.29 is 4.79 Å². The minimum atomic E-state index is -0.0997. The lowest BCUT2D eigenvalue weighted by Crippen LogP contribution is -2.41. The molecule has 25 heavy (non-hydrogen) atoms. The van der Waals surface area contributed by atoms with Gasteiger partial charge in [-0.05, 0) is 37.1 Å². The number of amides is 1. The van der Waals surface area contributed by atoms with Gasteiger partial charge in [0.2, 0.25) is 5.91 Å². The van der Waals surface area contributed by atoms with E-state index in [4.69, 9.17) is 11.6 Å². The normalized spacial score (nSPS) is 17.6. The van der Waals surface area contributed by atoms with Crippen molar-refractivity contribution in [3.05, 3.63) is 41.9 Å². The smallest absolute Gasteiger partial charge is 0.229 e. The molecule has 128 valence electrons. The second kappa shape index (κ2) is 6.68. The number of hydrogen-bond acceptors (Lipinski definition) is 5. The van der Waals surface area contributed by atoms with Crippen LogP contribution in [0.1, 0.15) is 12.8 Å². The molecule has 3 heterocycles. The topological polar surface area (TPSA) is 86.8 Å². The highest BCUT2D eigenvalue weighted by atomic mass is 35.5. The lowest BCUT2D eigenvalue weighted by atomic mass is 9.97. The molecule has 0 spiro atoms. The van der Waals surface area contributed by atoms with Crippen LogP contribution >= 0.6 is 11.6 Å². The maximum atomic E-state index is 12.6. The third-order valence-electron chi connectivity index (χ3n) is 4.41. The summed E-state index contributed by atoms with van der Waals surface area (Å²) in [5, 5.41) is 3.61. The van der Waals surface area contributed by atoms with Crippen LogP contribution in [0.2, 0.25) is 5.02 Å². The Morgan fingerprint density at radius 1 is 1.24 bits per heavy atom. The van der Waals surface area contributed by atoms with E-state index in [-0.39, 0.29) is 11.8 Å². The summed E-state index contributed by atoms with van der Waals surface area (Å²) < 4.78 is 0. The highest BCUT2D eigenvalue weighted by Crippen LogP contribution is 2.26. The molecule has 1 aromatic carbocycles. The van der Waals surface area contributed by atoms with Crippen molar-refractivity contribution in [1.29, 1.82) is 0 Å². The molecule has 4 rings (SSSR count). The highest BCUT2D eigenvalue weighted by molar-refractivity contribution is 6.30. The van der Waals surface area contributed by atoms with Gasteiger partial charge in [-0.25, -0.2) is 15.0 Å². The Morgan fingerprint density at radius 2 is 2.08 bits per heavy atom. The number of fused-ring (bicyclic) bond motifs is 1. The fraction of sp³-hybridized carbons (Fsp3) is 0.294. The zero-order valence-corrected chi connectivity index (χ0v) is 14.2. The zero-order chi connectivity index (χ0) is 17.2. The summed E-state index contributed by atoms with van der Waals surface area (Å²) in [6, 6.07) is 7.14. The number of halogens is 1. The van der Waals surface area contributed by atoms with E-state index in [9.17, 15) is 4.79 Å². The Balaban J connectivity index is 1.50. The number of aromatic nitrogens is 4. The van der Waals surface area contributed by atoms with E-state index in [2.05, 4.69) is 30.2 Å². The number of hydrogen-bond donors (Lipinski definition) is 2. The maximum absolute atomic E-state index is 12.6. The molecule has 1 aliphatic rings. The monoisotopic (exact) mass is 356 g/mol. The van der Waals surface area contributed by atoms with Gasteiger partial charge in [-0.3, -0.25) is 4.79 Å². The molecule has 2 aromatic heterocycles. The fourth-order valence-electron chi connectivity index (χ4n) is 3.15. The van der Waals surface area contributed by atoms with Gasteiger partial charge in [0, 0.05) is 23.8 Å². The van der Waals surface area contributed by atoms with Crippen molar-refractivity contribution in [3.8, 4) is 0 Å². The van der Waals surface area contributed by atoms with Gasteiger partial charge in [0.05, 0.1) is 12.2 Å². The van der Waals surface area contributed by atoms with E-state index in [0.29, 0.717) is 17.2 Å². The first-order valence-electron chi connectivity index (χ1n) is 8.16. The molecule has 1 amide bonds. The lowest BCUT2D eigenvalue weighted by Gasteiger charge is -2.32. The molecule has 0 saturated carbocycles. The van der Waals surface area contributed by atoms with Gasteiger partial charge in [-0.15, -0.1) is 0 Å².